The lowest BCUT2D eigenvalue weighted by Crippen LogP contribution is -2.36. The molecular weight excluding hydrogens is 272 g/mol. The Morgan fingerprint density at radius 1 is 1.30 bits per heavy atom. The minimum Gasteiger partial charge on any atom is -0.375 e. The van der Waals surface area contributed by atoms with E-state index in [2.05, 4.69) is 15.8 Å². The van der Waals surface area contributed by atoms with Gasteiger partial charge in [-0.2, -0.15) is 0 Å². The molecule has 104 valence electrons. The Bertz CT molecular complexity index is 634. The molecule has 0 atom stereocenters. The average molecular weight is 288 g/mol. The van der Waals surface area contributed by atoms with Gasteiger partial charge >= 0.3 is 0 Å². The molecule has 0 bridgehead atoms. The number of carbonyl (C=O) groups is 1. The molecule has 0 aliphatic rings. The molecule has 0 saturated carbocycles. The number of anilines is 1. The van der Waals surface area contributed by atoms with Crippen molar-refractivity contribution in [2.75, 3.05) is 5.73 Å². The van der Waals surface area contributed by atoms with Gasteiger partial charge in [-0.15, -0.1) is 0 Å². The molecule has 0 fully saturated rings. The summed E-state index contributed by atoms with van der Waals surface area (Å²) in [6.45, 7) is 3.66. The molecule has 5 nitrogen and oxygen atoms in total. The van der Waals surface area contributed by atoms with Crippen LogP contribution in [0.5, 0.6) is 0 Å². The molecule has 1 aromatic heterocycles. The number of carbonyl (C=O) groups excluding carboxylic acids is 1. The molecule has 0 saturated heterocycles. The lowest BCUT2D eigenvalue weighted by molar-refractivity contribution is 0.0945. The first-order valence-corrected chi connectivity index (χ1v) is 6.94. The summed E-state index contributed by atoms with van der Waals surface area (Å²) in [5.41, 5.74) is 13.6. The topological polar surface area (TPSA) is 80.0 Å². The van der Waals surface area contributed by atoms with E-state index in [4.69, 9.17) is 5.73 Å². The molecule has 0 unspecified atom stereocenters. The van der Waals surface area contributed by atoms with Crippen LogP contribution in [0.25, 0.3) is 5.70 Å². The van der Waals surface area contributed by atoms with Crippen LogP contribution in [-0.4, -0.2) is 10.9 Å². The smallest absolute Gasteiger partial charge is 0.281 e. The maximum absolute atomic E-state index is 12.0. The summed E-state index contributed by atoms with van der Waals surface area (Å²) in [5.74, 6) is -0.244. The SMILES string of the molecule is CC=C(NNC(=O)c1sc(N)nc1C)c1ccccc1. The van der Waals surface area contributed by atoms with E-state index >= 15 is 0 Å². The predicted molar refractivity (Wildman–Crippen MR) is 82.0 cm³/mol. The monoisotopic (exact) mass is 288 g/mol. The van der Waals surface area contributed by atoms with Gasteiger partial charge in [0.2, 0.25) is 0 Å². The van der Waals surface area contributed by atoms with Gasteiger partial charge in [-0.25, -0.2) is 4.98 Å². The highest BCUT2D eigenvalue weighted by Gasteiger charge is 2.14. The van der Waals surface area contributed by atoms with Gasteiger partial charge in [0.25, 0.3) is 5.91 Å². The van der Waals surface area contributed by atoms with Crippen LogP contribution in [0, 0.1) is 6.92 Å². The van der Waals surface area contributed by atoms with Gasteiger partial charge < -0.3 is 5.73 Å². The fourth-order valence-electron chi connectivity index (χ4n) is 1.74. The highest BCUT2D eigenvalue weighted by molar-refractivity contribution is 7.17. The second-order valence-corrected chi connectivity index (χ2v) is 5.14. The fourth-order valence-corrected chi connectivity index (χ4v) is 2.47. The van der Waals surface area contributed by atoms with Crippen molar-refractivity contribution in [2.45, 2.75) is 13.8 Å². The molecule has 2 aromatic rings. The molecule has 4 N–H and O–H groups in total. The van der Waals surface area contributed by atoms with Gasteiger partial charge in [0.15, 0.2) is 5.13 Å². The number of hydrazine groups is 1. The number of aryl methyl sites for hydroxylation is 1. The molecular formula is C14H16N4OS. The minimum absolute atomic E-state index is 0.244. The summed E-state index contributed by atoms with van der Waals surface area (Å²) < 4.78 is 0. The van der Waals surface area contributed by atoms with Crippen molar-refractivity contribution in [2.24, 2.45) is 0 Å². The van der Waals surface area contributed by atoms with Crippen LogP contribution in [0.1, 0.15) is 27.9 Å². The number of thiazole rings is 1. The van der Waals surface area contributed by atoms with Gasteiger partial charge in [-0.1, -0.05) is 47.7 Å². The van der Waals surface area contributed by atoms with Crippen LogP contribution in [0.4, 0.5) is 5.13 Å². The average Bonchev–Trinajstić information content (AvgIpc) is 2.79. The van der Waals surface area contributed by atoms with E-state index in [1.807, 2.05) is 43.3 Å². The number of rotatable bonds is 4. The Labute approximate surface area is 121 Å². The van der Waals surface area contributed by atoms with Crippen LogP contribution in [0.15, 0.2) is 36.4 Å². The van der Waals surface area contributed by atoms with Crippen molar-refractivity contribution in [3.63, 3.8) is 0 Å². The summed E-state index contributed by atoms with van der Waals surface area (Å²) >= 11 is 1.17. The van der Waals surface area contributed by atoms with Gasteiger partial charge in [0.1, 0.15) is 4.88 Å². The van der Waals surface area contributed by atoms with Crippen molar-refractivity contribution in [1.82, 2.24) is 15.8 Å². The largest absolute Gasteiger partial charge is 0.375 e. The Morgan fingerprint density at radius 3 is 2.55 bits per heavy atom. The number of hydrogen-bond donors (Lipinski definition) is 3. The summed E-state index contributed by atoms with van der Waals surface area (Å²) in [5, 5.41) is 0.391. The molecule has 0 aliphatic heterocycles. The lowest BCUT2D eigenvalue weighted by Gasteiger charge is -2.11. The number of nitrogens with two attached hydrogens (primary N) is 1. The zero-order valence-corrected chi connectivity index (χ0v) is 12.1. The third-order valence-corrected chi connectivity index (χ3v) is 3.69. The van der Waals surface area contributed by atoms with Crippen LogP contribution < -0.4 is 16.6 Å². The number of allylic oxidation sites excluding steroid dienone is 1. The van der Waals surface area contributed by atoms with E-state index in [-0.39, 0.29) is 5.91 Å². The Morgan fingerprint density at radius 2 is 2.00 bits per heavy atom. The first kappa shape index (κ1) is 14.1. The molecule has 2 rings (SSSR count). The van der Waals surface area contributed by atoms with Gasteiger partial charge in [0.05, 0.1) is 11.4 Å². The Hall–Kier alpha value is -2.34. The van der Waals surface area contributed by atoms with Crippen LogP contribution in [-0.2, 0) is 0 Å². The number of nitrogens with zero attached hydrogens (tertiary/aromatic N) is 1. The van der Waals surface area contributed by atoms with Crippen molar-refractivity contribution in [3.05, 3.63) is 52.5 Å². The number of nitrogen functional groups attached to an aromatic ring is 1. The van der Waals surface area contributed by atoms with Gasteiger partial charge in [-0.3, -0.25) is 15.6 Å². The molecule has 0 radical (unpaired) electrons. The summed E-state index contributed by atoms with van der Waals surface area (Å²) in [4.78, 5) is 16.6. The molecule has 20 heavy (non-hydrogen) atoms. The zero-order chi connectivity index (χ0) is 14.5. The van der Waals surface area contributed by atoms with Crippen molar-refractivity contribution in [1.29, 1.82) is 0 Å². The molecule has 1 amide bonds. The number of amides is 1. The van der Waals surface area contributed by atoms with E-state index in [0.29, 0.717) is 15.7 Å². The third kappa shape index (κ3) is 3.16. The van der Waals surface area contributed by atoms with E-state index < -0.39 is 0 Å². The highest BCUT2D eigenvalue weighted by Crippen LogP contribution is 2.19. The first-order valence-electron chi connectivity index (χ1n) is 6.12. The summed E-state index contributed by atoms with van der Waals surface area (Å²) in [7, 11) is 0. The van der Waals surface area contributed by atoms with Crippen molar-refractivity contribution < 1.29 is 4.79 Å². The number of hydrogen-bond acceptors (Lipinski definition) is 5. The number of benzene rings is 1. The highest BCUT2D eigenvalue weighted by atomic mass is 32.1. The Balaban J connectivity index is 2.05. The second-order valence-electron chi connectivity index (χ2n) is 4.11. The summed E-state index contributed by atoms with van der Waals surface area (Å²) in [6, 6.07) is 9.75. The maximum atomic E-state index is 12.0. The second kappa shape index (κ2) is 6.21. The molecule has 6 heteroatoms. The molecule has 0 aliphatic carbocycles. The van der Waals surface area contributed by atoms with E-state index in [0.717, 1.165) is 11.3 Å². The molecule has 1 heterocycles. The fraction of sp³-hybridized carbons (Fsp3) is 0.143. The zero-order valence-electron chi connectivity index (χ0n) is 11.3. The third-order valence-electron chi connectivity index (χ3n) is 2.70. The lowest BCUT2D eigenvalue weighted by atomic mass is 10.1. The maximum Gasteiger partial charge on any atom is 0.281 e. The summed E-state index contributed by atoms with van der Waals surface area (Å²) in [6.07, 6.45) is 1.89. The number of aromatic nitrogens is 1. The van der Waals surface area contributed by atoms with Gasteiger partial charge in [0, 0.05) is 0 Å². The standard InChI is InChI=1S/C14H16N4OS/c1-3-11(10-7-5-4-6-8-10)17-18-13(19)12-9(2)16-14(15)20-12/h3-8,17H,1-2H3,(H2,15,16)(H,18,19). The molecule has 1 aromatic carbocycles. The van der Waals surface area contributed by atoms with Gasteiger partial charge in [-0.05, 0) is 19.4 Å². The predicted octanol–water partition coefficient (Wildman–Crippen LogP) is 2.33. The van der Waals surface area contributed by atoms with E-state index in [9.17, 15) is 4.79 Å². The van der Waals surface area contributed by atoms with Crippen LogP contribution in [0.2, 0.25) is 0 Å². The van der Waals surface area contributed by atoms with E-state index in [1.165, 1.54) is 11.3 Å². The van der Waals surface area contributed by atoms with E-state index in [1.54, 1.807) is 6.92 Å². The van der Waals surface area contributed by atoms with Crippen molar-refractivity contribution >= 4 is 28.1 Å². The minimum atomic E-state index is -0.244. The Kier molecular flexibility index (Phi) is 4.37. The molecule has 0 spiro atoms. The van der Waals surface area contributed by atoms with Crippen LogP contribution >= 0.6 is 11.3 Å². The number of nitrogens with one attached hydrogen (secondary N) is 2. The normalized spacial score (nSPS) is 11.2. The first-order chi connectivity index (χ1) is 9.61. The van der Waals surface area contributed by atoms with Crippen LogP contribution in [0.3, 0.4) is 0 Å². The quantitative estimate of drug-likeness (QED) is 0.754. The van der Waals surface area contributed by atoms with Crippen molar-refractivity contribution in [3.8, 4) is 0 Å².